The van der Waals surface area contributed by atoms with Crippen LogP contribution in [0.2, 0.25) is 0 Å². The molecule has 5 nitrogen and oxygen atoms in total. The van der Waals surface area contributed by atoms with Crippen LogP contribution >= 0.6 is 0 Å². The van der Waals surface area contributed by atoms with Crippen molar-refractivity contribution in [1.29, 1.82) is 0 Å². The van der Waals surface area contributed by atoms with Crippen molar-refractivity contribution in [3.05, 3.63) is 65.2 Å². The van der Waals surface area contributed by atoms with E-state index in [1.165, 1.54) is 11.1 Å². The van der Waals surface area contributed by atoms with Crippen LogP contribution in [-0.2, 0) is 35.4 Å². The Morgan fingerprint density at radius 2 is 2.00 bits per heavy atom. The summed E-state index contributed by atoms with van der Waals surface area (Å²) in [4.78, 5) is 16.5. The van der Waals surface area contributed by atoms with Crippen molar-refractivity contribution < 1.29 is 22.7 Å². The molecule has 0 amide bonds. The van der Waals surface area contributed by atoms with Crippen molar-refractivity contribution in [2.75, 3.05) is 0 Å². The van der Waals surface area contributed by atoms with Gasteiger partial charge in [0.2, 0.25) is 0 Å². The van der Waals surface area contributed by atoms with Gasteiger partial charge in [0.1, 0.15) is 12.2 Å². The summed E-state index contributed by atoms with van der Waals surface area (Å²) in [5, 5.41) is 0.905. The van der Waals surface area contributed by atoms with Gasteiger partial charge < -0.3 is 9.15 Å². The number of halogens is 2. The summed E-state index contributed by atoms with van der Waals surface area (Å²) in [5.41, 5.74) is 4.83. The molecule has 0 radical (unpaired) electrons. The van der Waals surface area contributed by atoms with Crippen LogP contribution in [0, 0.1) is 0 Å². The number of ether oxygens (including phenoxy) is 1. The maximum Gasteiger partial charge on any atom is 0.320 e. The highest BCUT2D eigenvalue weighted by Crippen LogP contribution is 2.31. The van der Waals surface area contributed by atoms with E-state index < -0.39 is 12.5 Å². The number of carbonyl (C=O) groups is 1. The second kappa shape index (κ2) is 6.99. The molecule has 0 unspecified atom stereocenters. The highest BCUT2D eigenvalue weighted by Gasteiger charge is 2.20. The molecule has 1 aliphatic carbocycles. The minimum absolute atomic E-state index is 0.0146. The number of aryl methyl sites for hydroxylation is 2. The number of nitrogens with zero attached hydrogens (tertiary/aromatic N) is 2. The third kappa shape index (κ3) is 3.16. The quantitative estimate of drug-likeness (QED) is 0.448. The lowest BCUT2D eigenvalue weighted by Crippen LogP contribution is -2.12. The zero-order chi connectivity index (χ0) is 20.0. The van der Waals surface area contributed by atoms with Gasteiger partial charge in [-0.3, -0.25) is 9.36 Å². The van der Waals surface area contributed by atoms with Crippen LogP contribution in [0.3, 0.4) is 0 Å². The van der Waals surface area contributed by atoms with Crippen molar-refractivity contribution in [2.24, 2.45) is 0 Å². The topological polar surface area (TPSA) is 57.3 Å². The Morgan fingerprint density at radius 3 is 2.83 bits per heavy atom. The molecule has 0 N–H and O–H groups in total. The second-order valence-electron chi connectivity index (χ2n) is 7.23. The molecule has 0 saturated carbocycles. The number of aromatic nitrogens is 2. The fraction of sp³-hybridized carbons (Fsp3) is 0.273. The molecule has 0 atom stereocenters. The predicted octanol–water partition coefficient (Wildman–Crippen LogP) is 4.95. The molecule has 0 aliphatic heterocycles. The average Bonchev–Trinajstić information content (AvgIpc) is 3.41. The number of rotatable bonds is 5. The molecule has 5 rings (SSSR count). The van der Waals surface area contributed by atoms with E-state index in [0.29, 0.717) is 11.0 Å². The normalized spacial score (nSPS) is 13.5. The highest BCUT2D eigenvalue weighted by molar-refractivity contribution is 5.87. The van der Waals surface area contributed by atoms with Crippen LogP contribution in [0.5, 0.6) is 0 Å². The summed E-state index contributed by atoms with van der Waals surface area (Å²) in [6.07, 6.45) is 4.79. The van der Waals surface area contributed by atoms with E-state index in [4.69, 9.17) is 9.15 Å². The van der Waals surface area contributed by atoms with Crippen molar-refractivity contribution in [2.45, 2.75) is 38.8 Å². The fourth-order valence-corrected chi connectivity index (χ4v) is 4.05. The number of hydrogen-bond acceptors (Lipinski definition) is 4. The van der Waals surface area contributed by atoms with Crippen LogP contribution in [0.15, 0.2) is 47.1 Å². The van der Waals surface area contributed by atoms with Gasteiger partial charge in [-0.2, -0.15) is 8.78 Å². The maximum absolute atomic E-state index is 13.5. The summed E-state index contributed by atoms with van der Waals surface area (Å²) in [5.74, 6) is -0.495. The number of carbonyl (C=O) groups excluding carboxylic acids is 1. The minimum Gasteiger partial charge on any atom is -0.464 e. The van der Waals surface area contributed by atoms with Crippen LogP contribution in [0.1, 0.15) is 35.5 Å². The van der Waals surface area contributed by atoms with Gasteiger partial charge in [0, 0.05) is 10.9 Å². The lowest BCUT2D eigenvalue weighted by atomic mass is 10.0. The van der Waals surface area contributed by atoms with Crippen molar-refractivity contribution in [1.82, 2.24) is 9.55 Å². The number of imidazole rings is 1. The molecule has 7 heteroatoms. The summed E-state index contributed by atoms with van der Waals surface area (Å²) < 4.78 is 38.6. The predicted molar refractivity (Wildman–Crippen MR) is 103 cm³/mol. The van der Waals surface area contributed by atoms with E-state index in [2.05, 4.69) is 11.1 Å². The number of benzene rings is 2. The molecule has 1 aliphatic rings. The van der Waals surface area contributed by atoms with Gasteiger partial charge >= 0.3 is 12.5 Å². The molecule has 29 heavy (non-hydrogen) atoms. The zero-order valence-corrected chi connectivity index (χ0v) is 15.5. The first-order chi connectivity index (χ1) is 14.1. The number of para-hydroxylation sites is 2. The molecule has 2 heterocycles. The number of alkyl halides is 2. The molecule has 2 aromatic heterocycles. The minimum atomic E-state index is -2.77. The lowest BCUT2D eigenvalue weighted by Gasteiger charge is -2.08. The van der Waals surface area contributed by atoms with E-state index in [1.807, 2.05) is 6.07 Å². The van der Waals surface area contributed by atoms with Gasteiger partial charge in [-0.05, 0) is 54.7 Å². The monoisotopic (exact) mass is 396 g/mol. The third-order valence-corrected chi connectivity index (χ3v) is 5.43. The van der Waals surface area contributed by atoms with Crippen LogP contribution in [0.25, 0.3) is 22.0 Å². The van der Waals surface area contributed by atoms with Crippen molar-refractivity contribution in [3.8, 4) is 0 Å². The van der Waals surface area contributed by atoms with Gasteiger partial charge in [-0.1, -0.05) is 12.1 Å². The van der Waals surface area contributed by atoms with E-state index in [0.717, 1.165) is 40.4 Å². The van der Waals surface area contributed by atoms with Crippen LogP contribution < -0.4 is 0 Å². The summed E-state index contributed by atoms with van der Waals surface area (Å²) >= 11 is 0. The molecule has 2 aromatic carbocycles. The molecule has 0 fully saturated rings. The molecule has 0 spiro atoms. The third-order valence-electron chi connectivity index (χ3n) is 5.43. The number of hydrogen-bond donors (Lipinski definition) is 0. The Labute approximate surface area is 164 Å². The van der Waals surface area contributed by atoms with E-state index in [1.54, 1.807) is 30.5 Å². The largest absolute Gasteiger partial charge is 0.464 e. The first-order valence-corrected chi connectivity index (χ1v) is 9.51. The Balaban J connectivity index is 1.34. The Bertz CT molecular complexity index is 1230. The first kappa shape index (κ1) is 17.8. The van der Waals surface area contributed by atoms with Crippen LogP contribution in [-0.4, -0.2) is 15.5 Å². The van der Waals surface area contributed by atoms with Gasteiger partial charge in [0.05, 0.1) is 23.7 Å². The van der Waals surface area contributed by atoms with Gasteiger partial charge in [0.15, 0.2) is 5.82 Å². The Morgan fingerprint density at radius 1 is 1.21 bits per heavy atom. The Hall–Kier alpha value is -3.22. The maximum atomic E-state index is 13.5. The van der Waals surface area contributed by atoms with E-state index >= 15 is 0 Å². The SMILES string of the molecule is O=C(Cc1coc2cc3c(cc12)CCC3)OCc1nc2ccccc2n1C(F)F. The molecule has 148 valence electrons. The van der Waals surface area contributed by atoms with Gasteiger partial charge in [-0.25, -0.2) is 4.98 Å². The smallest absolute Gasteiger partial charge is 0.320 e. The highest BCUT2D eigenvalue weighted by atomic mass is 19.3. The second-order valence-corrected chi connectivity index (χ2v) is 7.23. The number of esters is 1. The van der Waals surface area contributed by atoms with Gasteiger partial charge in [0.25, 0.3) is 0 Å². The standard InChI is InChI=1S/C22H18F2N2O3/c23-22(24)26-18-7-2-1-6-17(18)25-20(26)12-29-21(27)10-15-11-28-19-9-14-5-3-4-13(14)8-16(15)19/h1-2,6-9,11,22H,3-5,10,12H2. The molecular weight excluding hydrogens is 378 g/mol. The number of fused-ring (bicyclic) bond motifs is 3. The van der Waals surface area contributed by atoms with Gasteiger partial charge in [-0.15, -0.1) is 0 Å². The van der Waals surface area contributed by atoms with Crippen molar-refractivity contribution in [3.63, 3.8) is 0 Å². The molecule has 0 bridgehead atoms. The Kier molecular flexibility index (Phi) is 4.30. The molecule has 4 aromatic rings. The fourth-order valence-electron chi connectivity index (χ4n) is 4.05. The summed E-state index contributed by atoms with van der Waals surface area (Å²) in [6.45, 7) is -3.08. The van der Waals surface area contributed by atoms with E-state index in [-0.39, 0.29) is 18.9 Å². The average molecular weight is 396 g/mol. The zero-order valence-electron chi connectivity index (χ0n) is 15.5. The van der Waals surface area contributed by atoms with E-state index in [9.17, 15) is 13.6 Å². The molecule has 0 saturated heterocycles. The number of furan rings is 1. The molecular formula is C22H18F2N2O3. The first-order valence-electron chi connectivity index (χ1n) is 9.51. The lowest BCUT2D eigenvalue weighted by molar-refractivity contribution is -0.144. The summed E-state index contributed by atoms with van der Waals surface area (Å²) in [7, 11) is 0. The van der Waals surface area contributed by atoms with Crippen molar-refractivity contribution >= 4 is 28.0 Å². The summed E-state index contributed by atoms with van der Waals surface area (Å²) in [6, 6.07) is 10.7. The van der Waals surface area contributed by atoms with Crippen LogP contribution in [0.4, 0.5) is 8.78 Å².